The van der Waals surface area contributed by atoms with Crippen LogP contribution in [0.25, 0.3) is 0 Å². The highest BCUT2D eigenvalue weighted by Gasteiger charge is 2.38. The van der Waals surface area contributed by atoms with Crippen molar-refractivity contribution in [2.24, 2.45) is 5.73 Å². The molecule has 0 bridgehead atoms. The molecule has 0 saturated heterocycles. The lowest BCUT2D eigenvalue weighted by molar-refractivity contribution is -0.192. The molecule has 0 heterocycles. The Kier molecular flexibility index (Phi) is 8.77. The zero-order valence-electron chi connectivity index (χ0n) is 8.49. The number of hydrogen-bond donors (Lipinski definition) is 2. The SMILES string of the molecule is C#CC(I)OC(=O)[C@@H](C)N.O=C(O)C(F)(F)F. The standard InChI is InChI=1S/C6H8INO2.C2HF3O2/c1-3-5(7)10-6(9)4(2)8;3-2(4,5)1(6)7/h1,4-5H,8H2,2H3;(H,6,7)/t4-,5?;/m1./s1. The number of terminal acetylenes is 1. The van der Waals surface area contributed by atoms with Crippen LogP contribution in [-0.2, 0) is 14.3 Å². The van der Waals surface area contributed by atoms with Gasteiger partial charge in [-0.25, -0.2) is 4.79 Å². The first-order valence-corrected chi connectivity index (χ1v) is 5.13. The molecule has 5 nitrogen and oxygen atoms in total. The maximum absolute atomic E-state index is 10.7. The van der Waals surface area contributed by atoms with Crippen molar-refractivity contribution in [3.8, 4) is 12.3 Å². The van der Waals surface area contributed by atoms with Gasteiger partial charge in [0.2, 0.25) is 4.11 Å². The van der Waals surface area contributed by atoms with Crippen molar-refractivity contribution in [1.29, 1.82) is 0 Å². The fraction of sp³-hybridized carbons (Fsp3) is 0.500. The molecule has 0 aliphatic rings. The van der Waals surface area contributed by atoms with E-state index < -0.39 is 28.3 Å². The highest BCUT2D eigenvalue weighted by atomic mass is 127. The first kappa shape index (κ1) is 18.3. The van der Waals surface area contributed by atoms with E-state index in [4.69, 9.17) is 22.1 Å². The van der Waals surface area contributed by atoms with E-state index in [0.717, 1.165) is 0 Å². The van der Waals surface area contributed by atoms with E-state index in [9.17, 15) is 18.0 Å². The smallest absolute Gasteiger partial charge is 0.475 e. The van der Waals surface area contributed by atoms with Gasteiger partial charge in [0.25, 0.3) is 0 Å². The van der Waals surface area contributed by atoms with Crippen LogP contribution in [0.1, 0.15) is 6.92 Å². The number of carbonyl (C=O) groups excluding carboxylic acids is 1. The summed E-state index contributed by atoms with van der Waals surface area (Å²) in [6, 6.07) is -0.606. The largest absolute Gasteiger partial charge is 0.490 e. The number of hydrogen-bond acceptors (Lipinski definition) is 4. The van der Waals surface area contributed by atoms with Crippen LogP contribution in [0.3, 0.4) is 0 Å². The van der Waals surface area contributed by atoms with Crippen LogP contribution in [0, 0.1) is 12.3 Å². The molecule has 9 heteroatoms. The maximum Gasteiger partial charge on any atom is 0.490 e. The Hall–Kier alpha value is -1.02. The minimum Gasteiger partial charge on any atom is -0.475 e. The second-order valence-electron chi connectivity index (χ2n) is 2.51. The molecular weight excluding hydrogens is 358 g/mol. The van der Waals surface area contributed by atoms with Crippen molar-refractivity contribution in [1.82, 2.24) is 0 Å². The Balaban J connectivity index is 0. The number of ether oxygens (including phenoxy) is 1. The number of alkyl halides is 4. The zero-order chi connectivity index (χ0) is 14.2. The molecule has 0 fully saturated rings. The summed E-state index contributed by atoms with van der Waals surface area (Å²) >= 11 is 1.82. The molecule has 98 valence electrons. The van der Waals surface area contributed by atoms with E-state index in [1.165, 1.54) is 0 Å². The summed E-state index contributed by atoms with van der Waals surface area (Å²) in [4.78, 5) is 19.6. The van der Waals surface area contributed by atoms with Gasteiger partial charge in [0.05, 0.1) is 0 Å². The van der Waals surface area contributed by atoms with Gasteiger partial charge in [-0.05, 0) is 29.5 Å². The Morgan fingerprint density at radius 3 is 2.06 bits per heavy atom. The number of carbonyl (C=O) groups is 2. The topological polar surface area (TPSA) is 89.6 Å². The molecule has 0 radical (unpaired) electrons. The monoisotopic (exact) mass is 367 g/mol. The van der Waals surface area contributed by atoms with Crippen LogP contribution in [0.5, 0.6) is 0 Å². The van der Waals surface area contributed by atoms with Crippen molar-refractivity contribution < 1.29 is 32.6 Å². The van der Waals surface area contributed by atoms with Gasteiger partial charge in [-0.3, -0.25) is 4.79 Å². The van der Waals surface area contributed by atoms with Gasteiger partial charge in [0.1, 0.15) is 6.04 Å². The molecular formula is C8H9F3INO4. The lowest BCUT2D eigenvalue weighted by atomic mass is 10.4. The predicted molar refractivity (Wildman–Crippen MR) is 60.1 cm³/mol. The highest BCUT2D eigenvalue weighted by molar-refractivity contribution is 14.1. The van der Waals surface area contributed by atoms with Crippen LogP contribution in [0.4, 0.5) is 13.2 Å². The number of esters is 1. The summed E-state index contributed by atoms with van der Waals surface area (Å²) in [6.45, 7) is 1.54. The number of halogens is 4. The maximum atomic E-state index is 10.7. The Morgan fingerprint density at radius 1 is 1.53 bits per heavy atom. The molecule has 0 amide bonds. The number of nitrogens with two attached hydrogens (primary N) is 1. The summed E-state index contributed by atoms with van der Waals surface area (Å²) < 4.78 is 35.9. The van der Waals surface area contributed by atoms with Crippen molar-refractivity contribution in [3.63, 3.8) is 0 Å². The summed E-state index contributed by atoms with van der Waals surface area (Å²) in [5, 5.41) is 7.12. The van der Waals surface area contributed by atoms with E-state index in [0.29, 0.717) is 0 Å². The molecule has 0 saturated carbocycles. The molecule has 3 N–H and O–H groups in total. The average molecular weight is 367 g/mol. The number of carboxylic acids is 1. The second-order valence-corrected chi connectivity index (χ2v) is 3.64. The molecule has 0 aromatic carbocycles. The third-order valence-corrected chi connectivity index (χ3v) is 1.58. The van der Waals surface area contributed by atoms with Gasteiger partial charge >= 0.3 is 18.1 Å². The van der Waals surface area contributed by atoms with Crippen molar-refractivity contribution >= 4 is 34.5 Å². The Morgan fingerprint density at radius 2 is 1.88 bits per heavy atom. The fourth-order valence-electron chi connectivity index (χ4n) is 0.243. The van der Waals surface area contributed by atoms with E-state index >= 15 is 0 Å². The van der Waals surface area contributed by atoms with E-state index in [-0.39, 0.29) is 0 Å². The van der Waals surface area contributed by atoms with Crippen molar-refractivity contribution in [3.05, 3.63) is 0 Å². The molecule has 0 rings (SSSR count). The first-order chi connectivity index (χ1) is 7.52. The normalized spacial score (nSPS) is 13.5. The van der Waals surface area contributed by atoms with E-state index in [1.54, 1.807) is 6.92 Å². The summed E-state index contributed by atoms with van der Waals surface area (Å²) in [7, 11) is 0. The van der Waals surface area contributed by atoms with Gasteiger partial charge < -0.3 is 15.6 Å². The minimum absolute atomic E-state index is 0.475. The highest BCUT2D eigenvalue weighted by Crippen LogP contribution is 2.13. The lowest BCUT2D eigenvalue weighted by Crippen LogP contribution is -2.30. The molecule has 0 aliphatic heterocycles. The zero-order valence-corrected chi connectivity index (χ0v) is 10.7. The van der Waals surface area contributed by atoms with E-state index in [1.807, 2.05) is 22.6 Å². The molecule has 1 unspecified atom stereocenters. The van der Waals surface area contributed by atoms with Crippen LogP contribution in [-0.4, -0.2) is 33.4 Å². The third-order valence-electron chi connectivity index (χ3n) is 0.965. The fourth-order valence-corrected chi connectivity index (χ4v) is 0.494. The predicted octanol–water partition coefficient (Wildman–Crippen LogP) is 0.904. The van der Waals surface area contributed by atoms with Gasteiger partial charge in [0, 0.05) is 0 Å². The van der Waals surface area contributed by atoms with Gasteiger partial charge in [-0.2, -0.15) is 13.2 Å². The number of aliphatic carboxylic acids is 1. The van der Waals surface area contributed by atoms with Crippen LogP contribution < -0.4 is 5.73 Å². The average Bonchev–Trinajstić information content (AvgIpc) is 2.16. The van der Waals surface area contributed by atoms with Crippen LogP contribution in [0.15, 0.2) is 0 Å². The Labute approximate surface area is 109 Å². The van der Waals surface area contributed by atoms with Gasteiger partial charge in [-0.15, -0.1) is 6.42 Å². The molecule has 2 atom stereocenters. The summed E-state index contributed by atoms with van der Waals surface area (Å²) in [5.41, 5.74) is 5.19. The molecule has 0 spiro atoms. The second kappa shape index (κ2) is 8.13. The third kappa shape index (κ3) is 11.2. The quantitative estimate of drug-likeness (QED) is 0.328. The van der Waals surface area contributed by atoms with E-state index in [2.05, 4.69) is 10.7 Å². The summed E-state index contributed by atoms with van der Waals surface area (Å²) in [5.74, 6) is -0.993. The molecule has 0 aliphatic carbocycles. The van der Waals surface area contributed by atoms with Crippen LogP contribution >= 0.6 is 22.6 Å². The molecule has 0 aromatic rings. The van der Waals surface area contributed by atoms with Crippen molar-refractivity contribution in [2.75, 3.05) is 0 Å². The van der Waals surface area contributed by atoms with Crippen LogP contribution in [0.2, 0.25) is 0 Å². The molecule has 17 heavy (non-hydrogen) atoms. The van der Waals surface area contributed by atoms with Gasteiger partial charge in [-0.1, -0.05) is 5.92 Å². The van der Waals surface area contributed by atoms with Crippen molar-refractivity contribution in [2.45, 2.75) is 23.3 Å². The summed E-state index contributed by atoms with van der Waals surface area (Å²) in [6.07, 6.45) is -0.138. The number of carboxylic acid groups (broad SMARTS) is 1. The number of rotatable bonds is 2. The minimum atomic E-state index is -5.08. The molecule has 0 aromatic heterocycles. The first-order valence-electron chi connectivity index (χ1n) is 3.88. The lowest BCUT2D eigenvalue weighted by Gasteiger charge is -2.07. The van der Waals surface area contributed by atoms with Gasteiger partial charge in [0.15, 0.2) is 0 Å². The Bertz CT molecular complexity index is 311.